The van der Waals surface area contributed by atoms with Gasteiger partial charge in [0, 0.05) is 24.0 Å². The van der Waals surface area contributed by atoms with Crippen molar-refractivity contribution in [3.63, 3.8) is 0 Å². The van der Waals surface area contributed by atoms with Crippen molar-refractivity contribution >= 4 is 16.8 Å². The van der Waals surface area contributed by atoms with E-state index in [1.807, 2.05) is 42.3 Å². The van der Waals surface area contributed by atoms with Crippen molar-refractivity contribution in [3.05, 3.63) is 54.2 Å². The molecule has 1 amide bonds. The Morgan fingerprint density at radius 1 is 1.19 bits per heavy atom. The van der Waals surface area contributed by atoms with Crippen LogP contribution in [0.15, 0.2) is 48.7 Å². The van der Waals surface area contributed by atoms with Gasteiger partial charge in [0.05, 0.1) is 11.7 Å². The van der Waals surface area contributed by atoms with Crippen LogP contribution in [0, 0.1) is 5.92 Å². The topological polar surface area (TPSA) is 61.0 Å². The quantitative estimate of drug-likeness (QED) is 0.744. The minimum Gasteiger partial charge on any atom is -0.339 e. The maximum Gasteiger partial charge on any atom is 0.253 e. The van der Waals surface area contributed by atoms with Gasteiger partial charge in [-0.05, 0) is 61.7 Å². The average Bonchev–Trinajstić information content (AvgIpc) is 3.36. The fourth-order valence-electron chi connectivity index (χ4n) is 3.64. The van der Waals surface area contributed by atoms with Crippen molar-refractivity contribution in [2.24, 2.45) is 5.92 Å². The SMILES string of the molecule is CCN(C[C@@H]1CCNC1)C(=O)c1ccc(-c2ccc3cn[nH]c3c2)cc1. The number of aromatic amines is 1. The van der Waals surface area contributed by atoms with Crippen LogP contribution in [-0.4, -0.2) is 47.2 Å². The third-order valence-electron chi connectivity index (χ3n) is 5.22. The zero-order valence-electron chi connectivity index (χ0n) is 15.0. The molecule has 2 heterocycles. The van der Waals surface area contributed by atoms with Crippen LogP contribution in [0.1, 0.15) is 23.7 Å². The Balaban J connectivity index is 1.51. The molecule has 1 aliphatic heterocycles. The fourth-order valence-corrected chi connectivity index (χ4v) is 3.64. The van der Waals surface area contributed by atoms with Crippen molar-refractivity contribution in [1.29, 1.82) is 0 Å². The number of carbonyl (C=O) groups excluding carboxylic acids is 1. The zero-order valence-corrected chi connectivity index (χ0v) is 15.0. The number of carbonyl (C=O) groups is 1. The number of aromatic nitrogens is 2. The Labute approximate surface area is 153 Å². The highest BCUT2D eigenvalue weighted by Gasteiger charge is 2.21. The lowest BCUT2D eigenvalue weighted by molar-refractivity contribution is 0.0742. The zero-order chi connectivity index (χ0) is 17.9. The Morgan fingerprint density at radius 2 is 2.00 bits per heavy atom. The minimum atomic E-state index is 0.120. The number of hydrogen-bond donors (Lipinski definition) is 2. The van der Waals surface area contributed by atoms with E-state index in [0.717, 1.165) is 60.2 Å². The van der Waals surface area contributed by atoms with Gasteiger partial charge in [0.15, 0.2) is 0 Å². The molecule has 5 nitrogen and oxygen atoms in total. The van der Waals surface area contributed by atoms with Crippen LogP contribution >= 0.6 is 0 Å². The first-order valence-corrected chi connectivity index (χ1v) is 9.28. The van der Waals surface area contributed by atoms with E-state index < -0.39 is 0 Å². The second kappa shape index (κ2) is 7.30. The van der Waals surface area contributed by atoms with E-state index in [1.54, 1.807) is 0 Å². The molecule has 5 heteroatoms. The molecular weight excluding hydrogens is 324 g/mol. The van der Waals surface area contributed by atoms with E-state index in [4.69, 9.17) is 0 Å². The highest BCUT2D eigenvalue weighted by molar-refractivity contribution is 5.95. The number of hydrogen-bond acceptors (Lipinski definition) is 3. The maximum absolute atomic E-state index is 12.8. The van der Waals surface area contributed by atoms with E-state index in [9.17, 15) is 4.79 Å². The standard InChI is InChI=1S/C21H24N4O/c1-2-25(14-15-9-10-22-12-15)21(26)17-5-3-16(4-6-17)18-7-8-19-13-23-24-20(19)11-18/h3-8,11,13,15,22H,2,9-10,12,14H2,1H3,(H,23,24)/t15-/m1/s1. The van der Waals surface area contributed by atoms with Crippen molar-refractivity contribution in [3.8, 4) is 11.1 Å². The van der Waals surface area contributed by atoms with Crippen LogP contribution in [0.25, 0.3) is 22.0 Å². The molecule has 0 spiro atoms. The predicted octanol–water partition coefficient (Wildman–Crippen LogP) is 3.30. The van der Waals surface area contributed by atoms with E-state index in [1.165, 1.54) is 0 Å². The summed E-state index contributed by atoms with van der Waals surface area (Å²) in [6.45, 7) is 5.70. The van der Waals surface area contributed by atoms with E-state index in [-0.39, 0.29) is 5.91 Å². The summed E-state index contributed by atoms with van der Waals surface area (Å²) in [5, 5.41) is 11.5. The first-order valence-electron chi connectivity index (χ1n) is 9.28. The van der Waals surface area contributed by atoms with Gasteiger partial charge in [0.2, 0.25) is 0 Å². The maximum atomic E-state index is 12.8. The summed E-state index contributed by atoms with van der Waals surface area (Å²) in [6.07, 6.45) is 2.97. The van der Waals surface area contributed by atoms with Crippen molar-refractivity contribution < 1.29 is 4.79 Å². The highest BCUT2D eigenvalue weighted by Crippen LogP contribution is 2.24. The number of rotatable bonds is 5. The second-order valence-corrected chi connectivity index (χ2v) is 6.95. The summed E-state index contributed by atoms with van der Waals surface area (Å²) in [5.41, 5.74) is 3.99. The van der Waals surface area contributed by atoms with Crippen LogP contribution < -0.4 is 5.32 Å². The Hall–Kier alpha value is -2.66. The van der Waals surface area contributed by atoms with Crippen LogP contribution in [0.3, 0.4) is 0 Å². The van der Waals surface area contributed by atoms with Crippen LogP contribution in [-0.2, 0) is 0 Å². The largest absolute Gasteiger partial charge is 0.339 e. The summed E-state index contributed by atoms with van der Waals surface area (Å²) < 4.78 is 0. The van der Waals surface area contributed by atoms with E-state index in [2.05, 4.69) is 33.7 Å². The van der Waals surface area contributed by atoms with Gasteiger partial charge in [-0.25, -0.2) is 0 Å². The minimum absolute atomic E-state index is 0.120. The van der Waals surface area contributed by atoms with E-state index in [0.29, 0.717) is 5.92 Å². The lowest BCUT2D eigenvalue weighted by Gasteiger charge is -2.24. The Kier molecular flexibility index (Phi) is 4.71. The lowest BCUT2D eigenvalue weighted by atomic mass is 10.0. The summed E-state index contributed by atoms with van der Waals surface area (Å²) in [5.74, 6) is 0.689. The van der Waals surface area contributed by atoms with E-state index >= 15 is 0 Å². The van der Waals surface area contributed by atoms with Crippen molar-refractivity contribution in [2.75, 3.05) is 26.2 Å². The molecule has 1 aliphatic rings. The second-order valence-electron chi connectivity index (χ2n) is 6.95. The van der Waals surface area contributed by atoms with Gasteiger partial charge in [0.25, 0.3) is 5.91 Å². The monoisotopic (exact) mass is 348 g/mol. The normalized spacial score (nSPS) is 16.9. The third kappa shape index (κ3) is 3.35. The summed E-state index contributed by atoms with van der Waals surface area (Å²) in [6, 6.07) is 14.1. The molecule has 0 unspecified atom stereocenters. The molecule has 26 heavy (non-hydrogen) atoms. The number of nitrogens with zero attached hydrogens (tertiary/aromatic N) is 2. The van der Waals surface area contributed by atoms with Gasteiger partial charge in [-0.3, -0.25) is 9.89 Å². The van der Waals surface area contributed by atoms with Crippen LogP contribution in [0.5, 0.6) is 0 Å². The Bertz CT molecular complexity index is 894. The van der Waals surface area contributed by atoms with Gasteiger partial charge >= 0.3 is 0 Å². The smallest absolute Gasteiger partial charge is 0.253 e. The van der Waals surface area contributed by atoms with Gasteiger partial charge < -0.3 is 10.2 Å². The average molecular weight is 348 g/mol. The first kappa shape index (κ1) is 16.8. The summed E-state index contributed by atoms with van der Waals surface area (Å²) in [7, 11) is 0. The van der Waals surface area contributed by atoms with Gasteiger partial charge in [-0.2, -0.15) is 5.10 Å². The molecule has 0 radical (unpaired) electrons. The molecule has 1 atom stereocenters. The molecule has 2 aromatic carbocycles. The molecule has 1 aromatic heterocycles. The van der Waals surface area contributed by atoms with Gasteiger partial charge in [-0.1, -0.05) is 24.3 Å². The molecule has 3 aromatic rings. The Morgan fingerprint density at radius 3 is 2.73 bits per heavy atom. The predicted molar refractivity (Wildman–Crippen MR) is 104 cm³/mol. The van der Waals surface area contributed by atoms with Crippen molar-refractivity contribution in [1.82, 2.24) is 20.4 Å². The molecule has 0 bridgehead atoms. The van der Waals surface area contributed by atoms with Crippen LogP contribution in [0.4, 0.5) is 0 Å². The molecule has 0 aliphatic carbocycles. The molecule has 1 saturated heterocycles. The van der Waals surface area contributed by atoms with Gasteiger partial charge in [-0.15, -0.1) is 0 Å². The van der Waals surface area contributed by atoms with Crippen molar-refractivity contribution in [2.45, 2.75) is 13.3 Å². The molecule has 134 valence electrons. The number of benzene rings is 2. The highest BCUT2D eigenvalue weighted by atomic mass is 16.2. The molecule has 0 saturated carbocycles. The summed E-state index contributed by atoms with van der Waals surface area (Å²) in [4.78, 5) is 14.8. The number of H-pyrrole nitrogens is 1. The van der Waals surface area contributed by atoms with Gasteiger partial charge in [0.1, 0.15) is 0 Å². The first-order chi connectivity index (χ1) is 12.7. The van der Waals surface area contributed by atoms with Crippen LogP contribution in [0.2, 0.25) is 0 Å². The molecule has 4 rings (SSSR count). The molecular formula is C21H24N4O. The summed E-state index contributed by atoms with van der Waals surface area (Å²) >= 11 is 0. The number of fused-ring (bicyclic) bond motifs is 1. The third-order valence-corrected chi connectivity index (χ3v) is 5.22. The fraction of sp³-hybridized carbons (Fsp3) is 0.333. The molecule has 1 fully saturated rings. The number of amides is 1. The molecule has 2 N–H and O–H groups in total. The lowest BCUT2D eigenvalue weighted by Crippen LogP contribution is -2.35. The number of nitrogens with one attached hydrogen (secondary N) is 2.